The summed E-state index contributed by atoms with van der Waals surface area (Å²) in [7, 11) is 0. The predicted molar refractivity (Wildman–Crippen MR) is 54.0 cm³/mol. The number of hydrogen-bond acceptors (Lipinski definition) is 2. The molecule has 1 rings (SSSR count). The largest absolute Gasteiger partial charge is 0.399 e. The highest BCUT2D eigenvalue weighted by molar-refractivity contribution is 9.09. The second kappa shape index (κ2) is 3.92. The number of nitrogen functional groups attached to an aromatic ring is 1. The Labute approximate surface area is 83.8 Å². The van der Waals surface area contributed by atoms with E-state index in [9.17, 15) is 4.79 Å². The molecule has 2 N–H and O–H groups in total. The predicted octanol–water partition coefficient (Wildman–Crippen LogP) is 2.50. The second-order valence-corrected chi connectivity index (χ2v) is 3.26. The van der Waals surface area contributed by atoms with E-state index in [2.05, 4.69) is 15.9 Å². The molecule has 0 bridgehead atoms. The molecule has 0 aliphatic rings. The number of alkyl halides is 1. The van der Waals surface area contributed by atoms with Crippen LogP contribution in [0.25, 0.3) is 0 Å². The van der Waals surface area contributed by atoms with Crippen molar-refractivity contribution >= 4 is 39.0 Å². The molecule has 1 aromatic rings. The molecule has 0 saturated carbocycles. The third-order valence-electron chi connectivity index (χ3n) is 1.41. The average Bonchev–Trinajstić information content (AvgIpc) is 2.03. The summed E-state index contributed by atoms with van der Waals surface area (Å²) in [6.07, 6.45) is 0. The number of nitrogens with two attached hydrogens (primary N) is 1. The fourth-order valence-electron chi connectivity index (χ4n) is 0.829. The second-order valence-electron chi connectivity index (χ2n) is 2.30. The highest BCUT2D eigenvalue weighted by atomic mass is 79.9. The van der Waals surface area contributed by atoms with Crippen LogP contribution >= 0.6 is 27.5 Å². The molecular formula is C8H7BrClNO. The van der Waals surface area contributed by atoms with Crippen LogP contribution in [-0.4, -0.2) is 11.1 Å². The van der Waals surface area contributed by atoms with E-state index >= 15 is 0 Å². The van der Waals surface area contributed by atoms with E-state index in [0.717, 1.165) is 0 Å². The summed E-state index contributed by atoms with van der Waals surface area (Å²) in [5, 5.41) is 0.677. The minimum Gasteiger partial charge on any atom is -0.399 e. The Morgan fingerprint density at radius 1 is 1.58 bits per heavy atom. The van der Waals surface area contributed by atoms with Crippen LogP contribution < -0.4 is 5.73 Å². The Morgan fingerprint density at radius 2 is 2.25 bits per heavy atom. The van der Waals surface area contributed by atoms with Gasteiger partial charge in [0.2, 0.25) is 0 Å². The molecule has 0 atom stereocenters. The number of rotatable bonds is 2. The van der Waals surface area contributed by atoms with Crippen molar-refractivity contribution in [1.82, 2.24) is 0 Å². The van der Waals surface area contributed by atoms with Crippen LogP contribution in [0.2, 0.25) is 5.02 Å². The number of ketones is 1. The average molecular weight is 249 g/mol. The fourth-order valence-corrected chi connectivity index (χ4v) is 1.43. The molecule has 0 unspecified atom stereocenters. The quantitative estimate of drug-likeness (QED) is 0.496. The van der Waals surface area contributed by atoms with Gasteiger partial charge in [-0.05, 0) is 18.2 Å². The summed E-state index contributed by atoms with van der Waals surface area (Å²) in [6, 6.07) is 4.85. The number of carbonyl (C=O) groups excluding carboxylic acids is 1. The first-order valence-corrected chi connectivity index (χ1v) is 4.79. The van der Waals surface area contributed by atoms with Gasteiger partial charge in [0.05, 0.1) is 10.4 Å². The maximum atomic E-state index is 11.2. The van der Waals surface area contributed by atoms with Gasteiger partial charge in [-0.2, -0.15) is 0 Å². The van der Waals surface area contributed by atoms with Gasteiger partial charge in [-0.15, -0.1) is 0 Å². The smallest absolute Gasteiger partial charge is 0.174 e. The van der Waals surface area contributed by atoms with Crippen molar-refractivity contribution in [3.63, 3.8) is 0 Å². The molecule has 0 spiro atoms. The fraction of sp³-hybridized carbons (Fsp3) is 0.125. The third kappa shape index (κ3) is 1.99. The Morgan fingerprint density at radius 3 is 2.75 bits per heavy atom. The number of anilines is 1. The number of benzene rings is 1. The van der Waals surface area contributed by atoms with Gasteiger partial charge in [-0.25, -0.2) is 0 Å². The lowest BCUT2D eigenvalue weighted by molar-refractivity contribution is 0.102. The molecule has 0 saturated heterocycles. The molecule has 1 aromatic carbocycles. The SMILES string of the molecule is Nc1ccc(C(=O)CBr)c(Cl)c1. The minimum absolute atomic E-state index is 0.0417. The molecule has 0 radical (unpaired) electrons. The zero-order valence-corrected chi connectivity index (χ0v) is 8.52. The van der Waals surface area contributed by atoms with Gasteiger partial charge >= 0.3 is 0 Å². The Kier molecular flexibility index (Phi) is 3.12. The van der Waals surface area contributed by atoms with Crippen molar-refractivity contribution in [3.05, 3.63) is 28.8 Å². The summed E-state index contributed by atoms with van der Waals surface area (Å²) < 4.78 is 0. The molecule has 4 heteroatoms. The zero-order chi connectivity index (χ0) is 9.14. The molecule has 0 amide bonds. The number of halogens is 2. The monoisotopic (exact) mass is 247 g/mol. The first-order valence-electron chi connectivity index (χ1n) is 3.29. The molecule has 0 fully saturated rings. The summed E-state index contributed by atoms with van der Waals surface area (Å²) in [6.45, 7) is 0. The molecule has 0 aliphatic carbocycles. The van der Waals surface area contributed by atoms with Crippen LogP contribution in [0, 0.1) is 0 Å². The lowest BCUT2D eigenvalue weighted by atomic mass is 10.1. The molecule has 0 heterocycles. The maximum Gasteiger partial charge on any atom is 0.174 e. The van der Waals surface area contributed by atoms with Gasteiger partial charge in [0.1, 0.15) is 0 Å². The maximum absolute atomic E-state index is 11.2. The van der Waals surface area contributed by atoms with Gasteiger partial charge < -0.3 is 5.73 Å². The third-order valence-corrected chi connectivity index (χ3v) is 2.24. The van der Waals surface area contributed by atoms with Crippen LogP contribution in [0.5, 0.6) is 0 Å². The lowest BCUT2D eigenvalue weighted by Gasteiger charge is -2.00. The van der Waals surface area contributed by atoms with Crippen molar-refractivity contribution in [2.45, 2.75) is 0 Å². The highest BCUT2D eigenvalue weighted by Gasteiger charge is 2.07. The zero-order valence-electron chi connectivity index (χ0n) is 6.18. The van der Waals surface area contributed by atoms with Crippen LogP contribution in [0.3, 0.4) is 0 Å². The first kappa shape index (κ1) is 9.55. The standard InChI is InChI=1S/C8H7BrClNO/c9-4-8(12)6-2-1-5(11)3-7(6)10/h1-3H,4,11H2. The van der Waals surface area contributed by atoms with Crippen molar-refractivity contribution < 1.29 is 4.79 Å². The first-order chi connectivity index (χ1) is 5.65. The van der Waals surface area contributed by atoms with Crippen LogP contribution in [0.1, 0.15) is 10.4 Å². The summed E-state index contributed by atoms with van der Waals surface area (Å²) in [4.78, 5) is 11.2. The molecule has 0 aromatic heterocycles. The van der Waals surface area contributed by atoms with Gasteiger partial charge in [-0.3, -0.25) is 4.79 Å². The van der Waals surface area contributed by atoms with E-state index in [1.165, 1.54) is 0 Å². The highest BCUT2D eigenvalue weighted by Crippen LogP contribution is 2.19. The topological polar surface area (TPSA) is 43.1 Å². The molecule has 2 nitrogen and oxygen atoms in total. The number of Topliss-reactive ketones (excluding diaryl/α,β-unsaturated/α-hetero) is 1. The Bertz CT molecular complexity index is 314. The molecule has 0 aliphatic heterocycles. The summed E-state index contributed by atoms with van der Waals surface area (Å²) in [5.41, 5.74) is 6.53. The van der Waals surface area contributed by atoms with Gasteiger partial charge in [-0.1, -0.05) is 27.5 Å². The molecular weight excluding hydrogens is 241 g/mol. The minimum atomic E-state index is -0.0417. The van der Waals surface area contributed by atoms with E-state index in [0.29, 0.717) is 16.3 Å². The van der Waals surface area contributed by atoms with E-state index in [4.69, 9.17) is 17.3 Å². The summed E-state index contributed by atoms with van der Waals surface area (Å²) in [5.74, 6) is -0.0417. The van der Waals surface area contributed by atoms with Gasteiger partial charge in [0.25, 0.3) is 0 Å². The van der Waals surface area contributed by atoms with E-state index in [1.54, 1.807) is 18.2 Å². The van der Waals surface area contributed by atoms with E-state index in [-0.39, 0.29) is 11.1 Å². The van der Waals surface area contributed by atoms with Crippen LogP contribution in [-0.2, 0) is 0 Å². The van der Waals surface area contributed by atoms with Crippen molar-refractivity contribution in [3.8, 4) is 0 Å². The van der Waals surface area contributed by atoms with Gasteiger partial charge in [0, 0.05) is 11.3 Å². The number of carbonyl (C=O) groups is 1. The van der Waals surface area contributed by atoms with Crippen molar-refractivity contribution in [2.24, 2.45) is 0 Å². The van der Waals surface area contributed by atoms with E-state index in [1.807, 2.05) is 0 Å². The van der Waals surface area contributed by atoms with Gasteiger partial charge in [0.15, 0.2) is 5.78 Å². The normalized spacial score (nSPS) is 9.83. The molecule has 64 valence electrons. The van der Waals surface area contributed by atoms with Crippen LogP contribution in [0.4, 0.5) is 5.69 Å². The summed E-state index contributed by atoms with van der Waals surface area (Å²) >= 11 is 8.85. The number of hydrogen-bond donors (Lipinski definition) is 1. The molecule has 12 heavy (non-hydrogen) atoms. The Balaban J connectivity index is 3.09. The van der Waals surface area contributed by atoms with Crippen molar-refractivity contribution in [1.29, 1.82) is 0 Å². The van der Waals surface area contributed by atoms with E-state index < -0.39 is 0 Å². The lowest BCUT2D eigenvalue weighted by Crippen LogP contribution is -2.01. The van der Waals surface area contributed by atoms with Crippen LogP contribution in [0.15, 0.2) is 18.2 Å². The Hall–Kier alpha value is -0.540. The van der Waals surface area contributed by atoms with Crippen molar-refractivity contribution in [2.75, 3.05) is 11.1 Å².